The number of hydrogen-bond acceptors (Lipinski definition) is 0. The molecule has 0 spiro atoms. The van der Waals surface area contributed by atoms with Gasteiger partial charge in [-0.05, 0) is 13.0 Å². The summed E-state index contributed by atoms with van der Waals surface area (Å²) in [5.41, 5.74) is 0.310. The van der Waals surface area contributed by atoms with Gasteiger partial charge < -0.3 is 0 Å². The SMILES string of the molecule is Cc1c(F)cc(Cl)c(CBr)c1F. The van der Waals surface area contributed by atoms with Gasteiger partial charge in [-0.2, -0.15) is 0 Å². The van der Waals surface area contributed by atoms with Crippen LogP contribution in [0.15, 0.2) is 6.07 Å². The number of alkyl halides is 1. The Morgan fingerprint density at radius 1 is 1.50 bits per heavy atom. The standard InChI is InChI=1S/C8H6BrClF2/c1-4-7(11)2-6(10)5(3-9)8(4)12/h2H,3H2,1H3. The summed E-state index contributed by atoms with van der Waals surface area (Å²) in [6.07, 6.45) is 0. The van der Waals surface area contributed by atoms with Gasteiger partial charge in [0.15, 0.2) is 0 Å². The Labute approximate surface area is 82.7 Å². The van der Waals surface area contributed by atoms with Crippen molar-refractivity contribution in [2.24, 2.45) is 0 Å². The first-order valence-electron chi connectivity index (χ1n) is 3.27. The minimum atomic E-state index is -0.609. The lowest BCUT2D eigenvalue weighted by atomic mass is 10.1. The molecule has 0 saturated heterocycles. The third kappa shape index (κ3) is 1.62. The summed E-state index contributed by atoms with van der Waals surface area (Å²) in [6, 6.07) is 1.12. The molecule has 1 rings (SSSR count). The zero-order valence-corrected chi connectivity index (χ0v) is 8.64. The summed E-state index contributed by atoms with van der Waals surface area (Å²) in [5.74, 6) is -1.18. The molecular weight excluding hydrogens is 249 g/mol. The molecule has 0 fully saturated rings. The van der Waals surface area contributed by atoms with Crippen LogP contribution in [-0.2, 0) is 5.33 Å². The van der Waals surface area contributed by atoms with E-state index in [0.29, 0.717) is 10.9 Å². The minimum Gasteiger partial charge on any atom is -0.207 e. The summed E-state index contributed by atoms with van der Waals surface area (Å²) in [4.78, 5) is 0. The molecule has 0 N–H and O–H groups in total. The second-order valence-corrected chi connectivity index (χ2v) is 3.36. The summed E-state index contributed by atoms with van der Waals surface area (Å²) in [6.45, 7) is 1.38. The van der Waals surface area contributed by atoms with Crippen LogP contribution >= 0.6 is 27.5 Å². The van der Waals surface area contributed by atoms with E-state index in [4.69, 9.17) is 11.6 Å². The average molecular weight is 255 g/mol. The van der Waals surface area contributed by atoms with Crippen LogP contribution in [0.5, 0.6) is 0 Å². The van der Waals surface area contributed by atoms with E-state index in [-0.39, 0.29) is 10.6 Å². The second kappa shape index (κ2) is 3.71. The normalized spacial score (nSPS) is 10.4. The maximum Gasteiger partial charge on any atom is 0.134 e. The maximum atomic E-state index is 13.2. The fourth-order valence-electron chi connectivity index (χ4n) is 0.865. The Bertz CT molecular complexity index is 312. The summed E-state index contributed by atoms with van der Waals surface area (Å²) < 4.78 is 26.0. The van der Waals surface area contributed by atoms with Crippen molar-refractivity contribution in [1.29, 1.82) is 0 Å². The van der Waals surface area contributed by atoms with E-state index >= 15 is 0 Å². The van der Waals surface area contributed by atoms with E-state index < -0.39 is 11.6 Å². The molecule has 1 aromatic rings. The fourth-order valence-corrected chi connectivity index (χ4v) is 1.82. The van der Waals surface area contributed by atoms with Crippen LogP contribution in [0.4, 0.5) is 8.78 Å². The third-order valence-corrected chi connectivity index (χ3v) is 2.53. The first-order chi connectivity index (χ1) is 5.57. The van der Waals surface area contributed by atoms with Crippen LogP contribution in [0.1, 0.15) is 11.1 Å². The largest absolute Gasteiger partial charge is 0.207 e. The Hall–Kier alpha value is -0.150. The van der Waals surface area contributed by atoms with Gasteiger partial charge >= 0.3 is 0 Å². The Balaban J connectivity index is 3.40. The summed E-state index contributed by atoms with van der Waals surface area (Å²) >= 11 is 8.67. The predicted octanol–water partition coefficient (Wildman–Crippen LogP) is 3.82. The molecule has 0 saturated carbocycles. The quantitative estimate of drug-likeness (QED) is 0.669. The van der Waals surface area contributed by atoms with Gasteiger partial charge in [0, 0.05) is 16.5 Å². The molecule has 0 atom stereocenters. The molecular formula is C8H6BrClF2. The predicted molar refractivity (Wildman–Crippen MR) is 48.7 cm³/mol. The molecule has 12 heavy (non-hydrogen) atoms. The first kappa shape index (κ1) is 9.93. The molecule has 0 heterocycles. The lowest BCUT2D eigenvalue weighted by Crippen LogP contribution is -1.95. The van der Waals surface area contributed by atoms with Crippen LogP contribution in [0.3, 0.4) is 0 Å². The van der Waals surface area contributed by atoms with E-state index in [1.54, 1.807) is 0 Å². The number of hydrogen-bond donors (Lipinski definition) is 0. The average Bonchev–Trinajstić information content (AvgIpc) is 2.01. The number of halogens is 4. The summed E-state index contributed by atoms with van der Waals surface area (Å²) in [5, 5.41) is 0.408. The summed E-state index contributed by atoms with van der Waals surface area (Å²) in [7, 11) is 0. The van der Waals surface area contributed by atoms with E-state index in [2.05, 4.69) is 15.9 Å². The third-order valence-electron chi connectivity index (χ3n) is 1.63. The van der Waals surface area contributed by atoms with Crippen molar-refractivity contribution in [3.8, 4) is 0 Å². The highest BCUT2D eigenvalue weighted by atomic mass is 79.9. The molecule has 0 amide bonds. The highest BCUT2D eigenvalue weighted by molar-refractivity contribution is 9.08. The molecule has 0 aliphatic heterocycles. The van der Waals surface area contributed by atoms with Crippen molar-refractivity contribution in [3.05, 3.63) is 33.9 Å². The lowest BCUT2D eigenvalue weighted by molar-refractivity contribution is 0.562. The van der Waals surface area contributed by atoms with Gasteiger partial charge in [-0.15, -0.1) is 0 Å². The van der Waals surface area contributed by atoms with Crippen LogP contribution in [-0.4, -0.2) is 0 Å². The molecule has 1 aromatic carbocycles. The topological polar surface area (TPSA) is 0 Å². The molecule has 0 nitrogen and oxygen atoms in total. The monoisotopic (exact) mass is 254 g/mol. The van der Waals surface area contributed by atoms with Gasteiger partial charge in [-0.3, -0.25) is 0 Å². The van der Waals surface area contributed by atoms with Crippen molar-refractivity contribution < 1.29 is 8.78 Å². The van der Waals surface area contributed by atoms with E-state index in [1.165, 1.54) is 6.92 Å². The van der Waals surface area contributed by atoms with E-state index in [9.17, 15) is 8.78 Å². The molecule has 66 valence electrons. The van der Waals surface area contributed by atoms with Crippen LogP contribution in [0.2, 0.25) is 5.02 Å². The molecule has 0 bridgehead atoms. The Morgan fingerprint density at radius 2 is 2.08 bits per heavy atom. The van der Waals surface area contributed by atoms with Gasteiger partial charge in [-0.1, -0.05) is 27.5 Å². The fraction of sp³-hybridized carbons (Fsp3) is 0.250. The zero-order chi connectivity index (χ0) is 9.30. The highest BCUT2D eigenvalue weighted by Crippen LogP contribution is 2.26. The van der Waals surface area contributed by atoms with Crippen molar-refractivity contribution in [2.45, 2.75) is 12.3 Å². The Morgan fingerprint density at radius 3 is 2.58 bits per heavy atom. The van der Waals surface area contributed by atoms with E-state index in [1.807, 2.05) is 0 Å². The number of benzene rings is 1. The smallest absolute Gasteiger partial charge is 0.134 e. The minimum absolute atomic E-state index is 0.00819. The van der Waals surface area contributed by atoms with Gasteiger partial charge in [-0.25, -0.2) is 8.78 Å². The Kier molecular flexibility index (Phi) is 3.07. The van der Waals surface area contributed by atoms with Crippen LogP contribution in [0, 0.1) is 18.6 Å². The maximum absolute atomic E-state index is 13.2. The molecule has 0 aliphatic carbocycles. The lowest BCUT2D eigenvalue weighted by Gasteiger charge is -2.05. The molecule has 0 aliphatic rings. The zero-order valence-electron chi connectivity index (χ0n) is 6.30. The van der Waals surface area contributed by atoms with Gasteiger partial charge in [0.25, 0.3) is 0 Å². The first-order valence-corrected chi connectivity index (χ1v) is 4.76. The van der Waals surface area contributed by atoms with Crippen LogP contribution < -0.4 is 0 Å². The molecule has 0 aromatic heterocycles. The highest BCUT2D eigenvalue weighted by Gasteiger charge is 2.12. The van der Waals surface area contributed by atoms with Crippen molar-refractivity contribution in [3.63, 3.8) is 0 Å². The van der Waals surface area contributed by atoms with Gasteiger partial charge in [0.1, 0.15) is 11.6 Å². The van der Waals surface area contributed by atoms with Crippen molar-refractivity contribution >= 4 is 27.5 Å². The van der Waals surface area contributed by atoms with Crippen molar-refractivity contribution in [1.82, 2.24) is 0 Å². The number of rotatable bonds is 1. The molecule has 0 radical (unpaired) electrons. The second-order valence-electron chi connectivity index (χ2n) is 2.39. The van der Waals surface area contributed by atoms with Crippen molar-refractivity contribution in [2.75, 3.05) is 0 Å². The molecule has 4 heteroatoms. The van der Waals surface area contributed by atoms with Gasteiger partial charge in [0.2, 0.25) is 0 Å². The molecule has 0 unspecified atom stereocenters. The van der Waals surface area contributed by atoms with E-state index in [0.717, 1.165) is 6.07 Å². The van der Waals surface area contributed by atoms with Gasteiger partial charge in [0.05, 0.1) is 5.02 Å². The van der Waals surface area contributed by atoms with Crippen LogP contribution in [0.25, 0.3) is 0 Å².